The van der Waals surface area contributed by atoms with E-state index in [0.717, 1.165) is 5.56 Å². The van der Waals surface area contributed by atoms with Gasteiger partial charge in [-0.15, -0.1) is 0 Å². The van der Waals surface area contributed by atoms with Gasteiger partial charge in [-0.3, -0.25) is 9.69 Å². The Labute approximate surface area is 125 Å². The van der Waals surface area contributed by atoms with E-state index in [9.17, 15) is 19.5 Å². The van der Waals surface area contributed by atoms with Crippen molar-refractivity contribution in [3.63, 3.8) is 0 Å². The zero-order chi connectivity index (χ0) is 15.1. The lowest BCUT2D eigenvalue weighted by molar-refractivity contribution is -0.152. The van der Waals surface area contributed by atoms with E-state index in [1.807, 2.05) is 30.3 Å². The van der Waals surface area contributed by atoms with Crippen molar-refractivity contribution in [1.29, 1.82) is 0 Å². The molecular formula is C15H13NO4S. The number of ketones is 1. The quantitative estimate of drug-likeness (QED) is 0.861. The highest BCUT2D eigenvalue weighted by Crippen LogP contribution is 2.53. The molecule has 0 radical (unpaired) electrons. The molecule has 1 N–H and O–H groups in total. The Morgan fingerprint density at radius 3 is 2.52 bits per heavy atom. The molecule has 1 fully saturated rings. The number of hydrogen-bond donors (Lipinski definition) is 1. The third-order valence-corrected chi connectivity index (χ3v) is 5.04. The molecule has 2 atom stereocenters. The number of hydrogen-bond acceptors (Lipinski definition) is 4. The molecule has 21 heavy (non-hydrogen) atoms. The minimum atomic E-state index is -1.11. The molecule has 2 aliphatic heterocycles. The van der Waals surface area contributed by atoms with Crippen LogP contribution in [-0.2, 0) is 14.4 Å². The molecule has 1 aromatic rings. The number of rotatable bonds is 4. The van der Waals surface area contributed by atoms with Crippen LogP contribution in [0, 0.1) is 5.92 Å². The molecule has 3 rings (SSSR count). The highest BCUT2D eigenvalue weighted by atomic mass is 32.2. The van der Waals surface area contributed by atoms with E-state index < -0.39 is 11.9 Å². The zero-order valence-corrected chi connectivity index (χ0v) is 12.1. The van der Waals surface area contributed by atoms with Crippen LogP contribution in [0.15, 0.2) is 36.0 Å². The molecule has 2 heterocycles. The fourth-order valence-corrected chi connectivity index (χ4v) is 4.18. The fraction of sp³-hybridized carbons (Fsp3) is 0.267. The predicted molar refractivity (Wildman–Crippen MR) is 78.0 cm³/mol. The van der Waals surface area contributed by atoms with Crippen LogP contribution in [0.25, 0.3) is 4.91 Å². The summed E-state index contributed by atoms with van der Waals surface area (Å²) in [6, 6.07) is 9.14. The third-order valence-electron chi connectivity index (χ3n) is 3.59. The lowest BCUT2D eigenvalue weighted by Crippen LogP contribution is -2.57. The molecule has 108 valence electrons. The van der Waals surface area contributed by atoms with Gasteiger partial charge < -0.3 is 9.90 Å². The molecule has 0 bridgehead atoms. The number of carboxylic acid groups (broad SMARTS) is 1. The van der Waals surface area contributed by atoms with E-state index in [0.29, 0.717) is 4.91 Å². The molecule has 1 amide bonds. The zero-order valence-electron chi connectivity index (χ0n) is 11.3. The average molecular weight is 303 g/mol. The number of carbonyl (C=O) groups is 3. The van der Waals surface area contributed by atoms with Gasteiger partial charge in [0.2, 0.25) is 5.91 Å². The van der Waals surface area contributed by atoms with Crippen molar-refractivity contribution in [2.45, 2.75) is 18.7 Å². The van der Waals surface area contributed by atoms with Crippen LogP contribution in [0.5, 0.6) is 0 Å². The Morgan fingerprint density at radius 1 is 1.29 bits per heavy atom. The SMILES string of the molecule is CC(=O)C[C@@H]1C(=O)N2C(C(=O)O)=C(c3ccccc3)S[C@H]12. The van der Waals surface area contributed by atoms with Crippen molar-refractivity contribution >= 4 is 34.3 Å². The molecule has 1 aromatic carbocycles. The van der Waals surface area contributed by atoms with E-state index in [2.05, 4.69) is 0 Å². The summed E-state index contributed by atoms with van der Waals surface area (Å²) in [7, 11) is 0. The van der Waals surface area contributed by atoms with Gasteiger partial charge in [0.15, 0.2) is 0 Å². The number of nitrogens with zero attached hydrogens (tertiary/aromatic N) is 1. The number of thioether (sulfide) groups is 1. The van der Waals surface area contributed by atoms with Crippen molar-refractivity contribution in [2.75, 3.05) is 0 Å². The van der Waals surface area contributed by atoms with Crippen LogP contribution in [0.2, 0.25) is 0 Å². The largest absolute Gasteiger partial charge is 0.477 e. The Balaban J connectivity index is 1.97. The van der Waals surface area contributed by atoms with Crippen LogP contribution in [0.3, 0.4) is 0 Å². The van der Waals surface area contributed by atoms with Gasteiger partial charge in [0.25, 0.3) is 0 Å². The lowest BCUT2D eigenvalue weighted by atomic mass is 9.92. The highest BCUT2D eigenvalue weighted by molar-refractivity contribution is 8.09. The molecule has 6 heteroatoms. The molecule has 0 unspecified atom stereocenters. The number of β-lactam (4-membered cyclic amide) rings is 1. The molecule has 0 saturated carbocycles. The van der Waals surface area contributed by atoms with E-state index >= 15 is 0 Å². The monoisotopic (exact) mass is 303 g/mol. The average Bonchev–Trinajstić information content (AvgIpc) is 2.82. The minimum absolute atomic E-state index is 0.0287. The molecule has 1 saturated heterocycles. The van der Waals surface area contributed by atoms with Crippen LogP contribution in [0.1, 0.15) is 18.9 Å². The van der Waals surface area contributed by atoms with Gasteiger partial charge in [-0.2, -0.15) is 0 Å². The smallest absolute Gasteiger partial charge is 0.353 e. The first-order valence-electron chi connectivity index (χ1n) is 6.53. The van der Waals surface area contributed by atoms with Gasteiger partial charge in [0, 0.05) is 11.3 Å². The number of carboxylic acids is 1. The molecule has 0 spiro atoms. The predicted octanol–water partition coefficient (Wildman–Crippen LogP) is 1.95. The van der Waals surface area contributed by atoms with Crippen LogP contribution in [0.4, 0.5) is 0 Å². The van der Waals surface area contributed by atoms with E-state index in [4.69, 9.17) is 0 Å². The van der Waals surface area contributed by atoms with Crippen LogP contribution >= 0.6 is 11.8 Å². The first kappa shape index (κ1) is 13.9. The molecule has 0 aliphatic carbocycles. The third kappa shape index (κ3) is 2.15. The van der Waals surface area contributed by atoms with Crippen molar-refractivity contribution in [3.05, 3.63) is 41.6 Å². The second kappa shape index (κ2) is 5.04. The number of amides is 1. The van der Waals surface area contributed by atoms with Crippen LogP contribution < -0.4 is 0 Å². The van der Waals surface area contributed by atoms with Crippen molar-refractivity contribution in [3.8, 4) is 0 Å². The topological polar surface area (TPSA) is 74.7 Å². The van der Waals surface area contributed by atoms with Crippen molar-refractivity contribution in [1.82, 2.24) is 4.90 Å². The summed E-state index contributed by atoms with van der Waals surface area (Å²) in [6.07, 6.45) is 0.169. The summed E-state index contributed by atoms with van der Waals surface area (Å²) in [5, 5.41) is 9.15. The van der Waals surface area contributed by atoms with E-state index in [-0.39, 0.29) is 29.2 Å². The Kier molecular flexibility index (Phi) is 3.33. The van der Waals surface area contributed by atoms with Crippen LogP contribution in [-0.4, -0.2) is 33.0 Å². The summed E-state index contributed by atoms with van der Waals surface area (Å²) in [5.41, 5.74) is 0.810. The number of fused-ring (bicyclic) bond motifs is 1. The fourth-order valence-electron chi connectivity index (χ4n) is 2.67. The molecule has 5 nitrogen and oxygen atoms in total. The number of Topliss-reactive ketones (excluding diaryl/α,β-unsaturated/α-hetero) is 1. The maximum Gasteiger partial charge on any atom is 0.353 e. The summed E-state index contributed by atoms with van der Waals surface area (Å²) in [4.78, 5) is 36.8. The van der Waals surface area contributed by atoms with Crippen molar-refractivity contribution < 1.29 is 19.5 Å². The maximum absolute atomic E-state index is 12.1. The second-order valence-electron chi connectivity index (χ2n) is 5.08. The second-order valence-corrected chi connectivity index (χ2v) is 6.21. The Morgan fingerprint density at radius 2 is 1.95 bits per heavy atom. The molecule has 0 aromatic heterocycles. The van der Waals surface area contributed by atoms with Gasteiger partial charge in [-0.1, -0.05) is 42.1 Å². The van der Waals surface area contributed by atoms with Gasteiger partial charge in [-0.25, -0.2) is 4.79 Å². The maximum atomic E-state index is 12.1. The van der Waals surface area contributed by atoms with Gasteiger partial charge in [0.05, 0.1) is 11.3 Å². The summed E-state index contributed by atoms with van der Waals surface area (Å²) >= 11 is 1.36. The Bertz CT molecular complexity index is 668. The number of carbonyl (C=O) groups excluding carboxylic acids is 2. The Hall–Kier alpha value is -2.08. The number of benzene rings is 1. The van der Waals surface area contributed by atoms with Gasteiger partial charge in [-0.05, 0) is 12.5 Å². The molecule has 2 aliphatic rings. The minimum Gasteiger partial charge on any atom is -0.477 e. The van der Waals surface area contributed by atoms with Gasteiger partial charge in [0.1, 0.15) is 11.5 Å². The lowest BCUT2D eigenvalue weighted by Gasteiger charge is -2.41. The van der Waals surface area contributed by atoms with E-state index in [1.54, 1.807) is 0 Å². The summed E-state index contributed by atoms with van der Waals surface area (Å²) in [6.45, 7) is 1.44. The summed E-state index contributed by atoms with van der Waals surface area (Å²) in [5.74, 6) is -1.86. The number of aliphatic carboxylic acids is 1. The summed E-state index contributed by atoms with van der Waals surface area (Å²) < 4.78 is 0. The normalized spacial score (nSPS) is 23.9. The van der Waals surface area contributed by atoms with E-state index in [1.165, 1.54) is 23.6 Å². The first-order chi connectivity index (χ1) is 10.0. The molecular weight excluding hydrogens is 290 g/mol. The highest BCUT2D eigenvalue weighted by Gasteiger charge is 2.56. The van der Waals surface area contributed by atoms with Gasteiger partial charge >= 0.3 is 5.97 Å². The van der Waals surface area contributed by atoms with Crippen molar-refractivity contribution in [2.24, 2.45) is 5.92 Å². The first-order valence-corrected chi connectivity index (χ1v) is 7.41. The standard InChI is InChI=1S/C15H13NO4S/c1-8(17)7-10-13(18)16-11(15(19)20)12(21-14(10)16)9-5-3-2-4-6-9/h2-6,10,14H,7H2,1H3,(H,19,20)/t10-,14-/m1/s1.